The van der Waals surface area contributed by atoms with Gasteiger partial charge in [0.2, 0.25) is 10.9 Å². The molecule has 0 spiro atoms. The van der Waals surface area contributed by atoms with Gasteiger partial charge in [0.05, 0.1) is 12.7 Å². The van der Waals surface area contributed by atoms with Crippen molar-refractivity contribution in [1.29, 1.82) is 0 Å². The summed E-state index contributed by atoms with van der Waals surface area (Å²) in [6, 6.07) is 5.46. The van der Waals surface area contributed by atoms with E-state index in [0.29, 0.717) is 11.3 Å². The molecule has 2 aromatic carbocycles. The summed E-state index contributed by atoms with van der Waals surface area (Å²) in [7, 11) is 1.57. The molecule has 0 aliphatic carbocycles. The van der Waals surface area contributed by atoms with Crippen molar-refractivity contribution in [2.45, 2.75) is 0 Å². The zero-order valence-corrected chi connectivity index (χ0v) is 10.2. The van der Waals surface area contributed by atoms with Gasteiger partial charge in [-0.1, -0.05) is 11.6 Å². The van der Waals surface area contributed by atoms with E-state index in [1.54, 1.807) is 19.4 Å². The molecule has 0 bridgehead atoms. The minimum atomic E-state index is -0.621. The van der Waals surface area contributed by atoms with Crippen LogP contribution in [0.5, 0.6) is 5.75 Å². The molecule has 3 rings (SSSR count). The summed E-state index contributed by atoms with van der Waals surface area (Å²) in [5, 5.41) is 0.812. The van der Waals surface area contributed by atoms with E-state index < -0.39 is 10.9 Å². The van der Waals surface area contributed by atoms with Crippen molar-refractivity contribution >= 4 is 22.5 Å². The van der Waals surface area contributed by atoms with Crippen LogP contribution in [0.15, 0.2) is 34.0 Å². The second-order valence-electron chi connectivity index (χ2n) is 3.96. The molecule has 0 saturated heterocycles. The molecule has 0 radical (unpaired) electrons. The fourth-order valence-electron chi connectivity index (χ4n) is 2.04. The Kier molecular flexibility index (Phi) is 2.28. The highest BCUT2D eigenvalue weighted by Gasteiger charge is 2.22. The average Bonchev–Trinajstić information content (AvgIpc) is 2.81. The third-order valence-corrected chi connectivity index (χ3v) is 3.37. The molecular formula is C13H8ClNO3. The first-order valence-corrected chi connectivity index (χ1v) is 5.65. The van der Waals surface area contributed by atoms with Crippen LogP contribution in [0.1, 0.15) is 0 Å². The monoisotopic (exact) mass is 261 g/mol. The summed E-state index contributed by atoms with van der Waals surface area (Å²) >= 11 is 5.79. The van der Waals surface area contributed by atoms with Gasteiger partial charge in [0.15, 0.2) is 0 Å². The van der Waals surface area contributed by atoms with Crippen molar-refractivity contribution < 1.29 is 4.74 Å². The second-order valence-corrected chi connectivity index (χ2v) is 4.34. The highest BCUT2D eigenvalue weighted by molar-refractivity contribution is 6.34. The van der Waals surface area contributed by atoms with E-state index in [1.807, 2.05) is 12.1 Å². The zero-order chi connectivity index (χ0) is 12.9. The summed E-state index contributed by atoms with van der Waals surface area (Å²) < 4.78 is 5.14. The molecule has 0 atom stereocenters. The maximum absolute atomic E-state index is 11.5. The molecule has 0 fully saturated rings. The molecule has 0 amide bonds. The molecule has 3 aromatic rings. The minimum Gasteiger partial charge on any atom is -0.497 e. The molecule has 1 heterocycles. The third-order valence-electron chi connectivity index (χ3n) is 3.01. The van der Waals surface area contributed by atoms with Crippen LogP contribution in [0, 0.1) is 0 Å². The number of methoxy groups -OCH3 is 1. The maximum atomic E-state index is 11.5. The van der Waals surface area contributed by atoms with Crippen LogP contribution in [0.2, 0.25) is 5.02 Å². The van der Waals surface area contributed by atoms with Gasteiger partial charge in [-0.15, -0.1) is 0 Å². The molecule has 0 saturated carbocycles. The van der Waals surface area contributed by atoms with Gasteiger partial charge in [-0.05, 0) is 18.2 Å². The smallest absolute Gasteiger partial charge is 0.245 e. The summed E-state index contributed by atoms with van der Waals surface area (Å²) in [6.45, 7) is 0. The molecule has 0 aliphatic rings. The van der Waals surface area contributed by atoms with E-state index in [9.17, 15) is 9.59 Å². The Morgan fingerprint density at radius 3 is 2.67 bits per heavy atom. The molecule has 1 aromatic heterocycles. The standard InChI is InChI=1S/C13H8ClNO3/c1-18-6-2-3-9-7(4-6)8(5-15-9)10-11(14)13(17)12(10)16/h2-5,15H,1H3. The first-order valence-electron chi connectivity index (χ1n) is 5.27. The van der Waals surface area contributed by atoms with E-state index in [0.717, 1.165) is 10.9 Å². The fourth-order valence-corrected chi connectivity index (χ4v) is 2.31. The van der Waals surface area contributed by atoms with Gasteiger partial charge in [-0.25, -0.2) is 0 Å². The number of rotatable bonds is 2. The van der Waals surface area contributed by atoms with Crippen LogP contribution >= 0.6 is 11.6 Å². The number of nitrogens with one attached hydrogen (secondary N) is 1. The Morgan fingerprint density at radius 1 is 1.22 bits per heavy atom. The zero-order valence-electron chi connectivity index (χ0n) is 9.41. The van der Waals surface area contributed by atoms with Crippen molar-refractivity contribution in [3.63, 3.8) is 0 Å². The number of hydrogen-bond acceptors (Lipinski definition) is 3. The Bertz CT molecular complexity index is 825. The van der Waals surface area contributed by atoms with Crippen LogP contribution < -0.4 is 15.6 Å². The van der Waals surface area contributed by atoms with Crippen molar-refractivity contribution in [3.8, 4) is 16.9 Å². The fraction of sp³-hybridized carbons (Fsp3) is 0.0769. The quantitative estimate of drug-likeness (QED) is 0.719. The SMILES string of the molecule is COc1ccc2[nH]cc(-c3c(Cl)c(=O)c3=O)c2c1. The average molecular weight is 262 g/mol. The number of halogens is 1. The second kappa shape index (κ2) is 3.71. The number of benzene rings is 1. The highest BCUT2D eigenvalue weighted by atomic mass is 35.5. The summed E-state index contributed by atoms with van der Waals surface area (Å²) in [4.78, 5) is 25.7. The molecule has 90 valence electrons. The van der Waals surface area contributed by atoms with Crippen molar-refractivity contribution in [2.24, 2.45) is 0 Å². The van der Waals surface area contributed by atoms with Gasteiger partial charge in [-0.2, -0.15) is 0 Å². The van der Waals surface area contributed by atoms with Gasteiger partial charge in [0.25, 0.3) is 0 Å². The van der Waals surface area contributed by atoms with Crippen LogP contribution in [-0.4, -0.2) is 12.1 Å². The van der Waals surface area contributed by atoms with Gasteiger partial charge in [0, 0.05) is 22.7 Å². The predicted molar refractivity (Wildman–Crippen MR) is 70.2 cm³/mol. The number of fused-ring (bicyclic) bond motifs is 1. The number of H-pyrrole nitrogens is 1. The van der Waals surface area contributed by atoms with Gasteiger partial charge in [0.1, 0.15) is 10.8 Å². The summed E-state index contributed by atoms with van der Waals surface area (Å²) in [5.74, 6) is 0.679. The Hall–Kier alpha value is -2.07. The Labute approximate surface area is 106 Å². The van der Waals surface area contributed by atoms with Crippen molar-refractivity contribution in [3.05, 3.63) is 49.9 Å². The molecule has 18 heavy (non-hydrogen) atoms. The molecule has 0 unspecified atom stereocenters. The molecule has 0 aliphatic heterocycles. The van der Waals surface area contributed by atoms with E-state index in [4.69, 9.17) is 16.3 Å². The largest absolute Gasteiger partial charge is 0.497 e. The molecular weight excluding hydrogens is 254 g/mol. The van der Waals surface area contributed by atoms with Crippen molar-refractivity contribution in [2.75, 3.05) is 7.11 Å². The summed E-state index contributed by atoms with van der Waals surface area (Å²) in [6.07, 6.45) is 1.67. The Balaban J connectivity index is 2.31. The van der Waals surface area contributed by atoms with Gasteiger partial charge >= 0.3 is 0 Å². The Morgan fingerprint density at radius 2 is 2.00 bits per heavy atom. The summed E-state index contributed by atoms with van der Waals surface area (Å²) in [5.41, 5.74) is 0.613. The van der Waals surface area contributed by atoms with Crippen LogP contribution in [-0.2, 0) is 0 Å². The first-order chi connectivity index (χ1) is 8.63. The van der Waals surface area contributed by atoms with E-state index >= 15 is 0 Å². The van der Waals surface area contributed by atoms with E-state index in [1.165, 1.54) is 0 Å². The lowest BCUT2D eigenvalue weighted by Gasteiger charge is -2.04. The first kappa shape index (κ1) is 11.0. The topological polar surface area (TPSA) is 59.2 Å². The number of aromatic amines is 1. The van der Waals surface area contributed by atoms with E-state index in [-0.39, 0.29) is 10.6 Å². The third kappa shape index (κ3) is 1.32. The predicted octanol–water partition coefficient (Wildman–Crippen LogP) is 2.09. The van der Waals surface area contributed by atoms with Crippen LogP contribution in [0.4, 0.5) is 0 Å². The number of aromatic nitrogens is 1. The van der Waals surface area contributed by atoms with Crippen LogP contribution in [0.25, 0.3) is 22.0 Å². The normalized spacial score (nSPS) is 11.2. The van der Waals surface area contributed by atoms with Gasteiger partial charge < -0.3 is 9.72 Å². The highest BCUT2D eigenvalue weighted by Crippen LogP contribution is 2.32. The lowest BCUT2D eigenvalue weighted by atomic mass is 10.0. The molecule has 4 nitrogen and oxygen atoms in total. The van der Waals surface area contributed by atoms with Crippen LogP contribution in [0.3, 0.4) is 0 Å². The lowest BCUT2D eigenvalue weighted by molar-refractivity contribution is 0.415. The molecule has 5 heteroatoms. The number of hydrogen-bond donors (Lipinski definition) is 1. The molecule has 1 N–H and O–H groups in total. The lowest BCUT2D eigenvalue weighted by Crippen LogP contribution is -2.33. The van der Waals surface area contributed by atoms with E-state index in [2.05, 4.69) is 4.98 Å². The number of ether oxygens (including phenoxy) is 1. The minimum absolute atomic E-state index is 0.00344. The van der Waals surface area contributed by atoms with Crippen molar-refractivity contribution in [1.82, 2.24) is 4.98 Å². The van der Waals surface area contributed by atoms with Gasteiger partial charge in [-0.3, -0.25) is 9.59 Å². The maximum Gasteiger partial charge on any atom is 0.245 e.